The second-order valence-electron chi connectivity index (χ2n) is 3.21. The number of carbonyl (C=O) groups excluding carboxylic acids is 1. The molecule has 0 aliphatic carbocycles. The lowest BCUT2D eigenvalue weighted by Crippen LogP contribution is -2.28. The topological polar surface area (TPSA) is 63.2 Å². The van der Waals surface area contributed by atoms with Crippen molar-refractivity contribution < 1.29 is 22.0 Å². The van der Waals surface area contributed by atoms with Gasteiger partial charge in [0, 0.05) is 21.3 Å². The number of halogens is 4. The van der Waals surface area contributed by atoms with E-state index < -0.39 is 27.9 Å². The minimum Gasteiger partial charge on any atom is -0.346 e. The molecule has 0 aromatic heterocycles. The predicted octanol–water partition coefficient (Wildman–Crippen LogP) is 2.26. The van der Waals surface area contributed by atoms with Crippen LogP contribution < -0.4 is 5.32 Å². The molecule has 1 aromatic rings. The molecule has 4 nitrogen and oxygen atoms in total. The Balaban J connectivity index is 3.03. The van der Waals surface area contributed by atoms with E-state index in [0.717, 1.165) is 18.2 Å². The Bertz CT molecular complexity index is 563. The van der Waals surface area contributed by atoms with Gasteiger partial charge in [-0.05, 0) is 18.2 Å². The van der Waals surface area contributed by atoms with Gasteiger partial charge in [0.05, 0.1) is 11.4 Å². The highest BCUT2D eigenvalue weighted by molar-refractivity contribution is 8.13. The lowest BCUT2D eigenvalue weighted by Gasteiger charge is -2.06. The fourth-order valence-electron chi connectivity index (χ4n) is 1.11. The maximum absolute atomic E-state index is 11.9. The highest BCUT2D eigenvalue weighted by atomic mass is 35.7. The molecule has 1 amide bonds. The number of alkyl halides is 2. The number of hydrogen-bond acceptors (Lipinski definition) is 3. The minimum absolute atomic E-state index is 0.0427. The number of benzene rings is 1. The van der Waals surface area contributed by atoms with E-state index in [1.165, 1.54) is 0 Å². The van der Waals surface area contributed by atoms with Crippen molar-refractivity contribution in [2.45, 2.75) is 11.3 Å². The molecule has 0 radical (unpaired) electrons. The third kappa shape index (κ3) is 4.40. The van der Waals surface area contributed by atoms with Gasteiger partial charge in [-0.1, -0.05) is 11.6 Å². The molecule has 100 valence electrons. The molecule has 0 atom stereocenters. The Morgan fingerprint density at radius 1 is 1.33 bits per heavy atom. The lowest BCUT2D eigenvalue weighted by atomic mass is 10.2. The SMILES string of the molecule is O=C(NCC(F)F)c1cc(Cl)cc(S(=O)(=O)Cl)c1. The summed E-state index contributed by atoms with van der Waals surface area (Å²) in [5, 5.41) is 1.88. The van der Waals surface area contributed by atoms with Crippen molar-refractivity contribution in [2.75, 3.05) is 6.54 Å². The summed E-state index contributed by atoms with van der Waals surface area (Å²) >= 11 is 5.61. The van der Waals surface area contributed by atoms with Crippen LogP contribution in [-0.2, 0) is 9.05 Å². The van der Waals surface area contributed by atoms with Crippen molar-refractivity contribution in [2.24, 2.45) is 0 Å². The third-order valence-electron chi connectivity index (χ3n) is 1.83. The van der Waals surface area contributed by atoms with Crippen LogP contribution in [0.15, 0.2) is 23.1 Å². The van der Waals surface area contributed by atoms with Gasteiger partial charge >= 0.3 is 0 Å². The summed E-state index contributed by atoms with van der Waals surface area (Å²) in [4.78, 5) is 11.1. The maximum Gasteiger partial charge on any atom is 0.261 e. The van der Waals surface area contributed by atoms with Crippen LogP contribution in [0, 0.1) is 0 Å². The summed E-state index contributed by atoms with van der Waals surface area (Å²) in [6, 6.07) is 3.15. The van der Waals surface area contributed by atoms with Crippen LogP contribution >= 0.6 is 22.3 Å². The fraction of sp³-hybridized carbons (Fsp3) is 0.222. The second-order valence-corrected chi connectivity index (χ2v) is 6.22. The molecule has 0 heterocycles. The molecule has 0 saturated heterocycles. The van der Waals surface area contributed by atoms with Crippen LogP contribution in [0.5, 0.6) is 0 Å². The van der Waals surface area contributed by atoms with Gasteiger partial charge < -0.3 is 5.32 Å². The van der Waals surface area contributed by atoms with Gasteiger partial charge in [-0.15, -0.1) is 0 Å². The standard InChI is InChI=1S/C9H7Cl2F2NO3S/c10-6-1-5(9(15)14-4-8(12)13)2-7(3-6)18(11,16)17/h1-3,8H,4H2,(H,14,15). The highest BCUT2D eigenvalue weighted by Gasteiger charge is 2.16. The molecule has 9 heteroatoms. The average Bonchev–Trinajstić information content (AvgIpc) is 2.23. The summed E-state index contributed by atoms with van der Waals surface area (Å²) in [6.45, 7) is -0.839. The van der Waals surface area contributed by atoms with Crippen LogP contribution in [0.2, 0.25) is 5.02 Å². The van der Waals surface area contributed by atoms with Crippen LogP contribution in [0.25, 0.3) is 0 Å². The molecule has 1 rings (SSSR count). The molecular formula is C9H7Cl2F2NO3S. The molecule has 0 spiro atoms. The van der Waals surface area contributed by atoms with Gasteiger partial charge in [0.15, 0.2) is 0 Å². The first-order chi connectivity index (χ1) is 8.20. The lowest BCUT2D eigenvalue weighted by molar-refractivity contribution is 0.0891. The first-order valence-corrected chi connectivity index (χ1v) is 7.20. The van der Waals surface area contributed by atoms with E-state index in [2.05, 4.69) is 0 Å². The number of carbonyl (C=O) groups is 1. The molecular weight excluding hydrogens is 311 g/mol. The maximum atomic E-state index is 11.9. The first kappa shape index (κ1) is 15.1. The predicted molar refractivity (Wildman–Crippen MR) is 62.8 cm³/mol. The molecule has 0 aliphatic heterocycles. The second kappa shape index (κ2) is 5.81. The Kier molecular flexibility index (Phi) is 4.89. The summed E-state index contributed by atoms with van der Waals surface area (Å²) in [6.07, 6.45) is -2.70. The minimum atomic E-state index is -4.05. The smallest absolute Gasteiger partial charge is 0.261 e. The Morgan fingerprint density at radius 2 is 1.94 bits per heavy atom. The monoisotopic (exact) mass is 317 g/mol. The molecule has 0 saturated carbocycles. The summed E-state index contributed by atoms with van der Waals surface area (Å²) in [7, 11) is 1.04. The van der Waals surface area contributed by atoms with E-state index in [4.69, 9.17) is 22.3 Å². The van der Waals surface area contributed by atoms with E-state index >= 15 is 0 Å². The van der Waals surface area contributed by atoms with Crippen LogP contribution in [0.1, 0.15) is 10.4 Å². The van der Waals surface area contributed by atoms with Gasteiger partial charge in [-0.2, -0.15) is 0 Å². The third-order valence-corrected chi connectivity index (χ3v) is 3.38. The van der Waals surface area contributed by atoms with Gasteiger partial charge in [0.25, 0.3) is 21.4 Å². The summed E-state index contributed by atoms with van der Waals surface area (Å²) in [5.41, 5.74) is -0.164. The van der Waals surface area contributed by atoms with Gasteiger partial charge in [-0.25, -0.2) is 17.2 Å². The van der Waals surface area contributed by atoms with Crippen LogP contribution in [0.3, 0.4) is 0 Å². The Morgan fingerprint density at radius 3 is 2.44 bits per heavy atom. The average molecular weight is 318 g/mol. The molecule has 0 bridgehead atoms. The molecule has 18 heavy (non-hydrogen) atoms. The zero-order valence-corrected chi connectivity index (χ0v) is 11.0. The largest absolute Gasteiger partial charge is 0.346 e. The summed E-state index contributed by atoms with van der Waals surface area (Å²) in [5.74, 6) is -0.862. The van der Waals surface area contributed by atoms with Crippen LogP contribution in [0.4, 0.5) is 8.78 Å². The van der Waals surface area contributed by atoms with E-state index in [0.29, 0.717) is 0 Å². The van der Waals surface area contributed by atoms with E-state index in [1.54, 1.807) is 0 Å². The van der Waals surface area contributed by atoms with E-state index in [1.807, 2.05) is 5.32 Å². The van der Waals surface area contributed by atoms with Gasteiger partial charge in [0.2, 0.25) is 0 Å². The van der Waals surface area contributed by atoms with E-state index in [9.17, 15) is 22.0 Å². The Hall–Kier alpha value is -0.920. The molecule has 0 fully saturated rings. The van der Waals surface area contributed by atoms with Crippen molar-refractivity contribution >= 4 is 37.2 Å². The number of amides is 1. The van der Waals surface area contributed by atoms with Crippen molar-refractivity contribution in [1.82, 2.24) is 5.32 Å². The normalized spacial score (nSPS) is 11.6. The van der Waals surface area contributed by atoms with Gasteiger partial charge in [0.1, 0.15) is 0 Å². The van der Waals surface area contributed by atoms with Crippen molar-refractivity contribution in [3.05, 3.63) is 28.8 Å². The zero-order chi connectivity index (χ0) is 13.9. The number of rotatable bonds is 4. The quantitative estimate of drug-likeness (QED) is 0.866. The molecule has 0 unspecified atom stereocenters. The van der Waals surface area contributed by atoms with Crippen molar-refractivity contribution in [1.29, 1.82) is 0 Å². The first-order valence-electron chi connectivity index (χ1n) is 4.52. The fourth-order valence-corrected chi connectivity index (χ4v) is 2.21. The van der Waals surface area contributed by atoms with E-state index in [-0.39, 0.29) is 15.5 Å². The zero-order valence-electron chi connectivity index (χ0n) is 8.66. The van der Waals surface area contributed by atoms with Crippen molar-refractivity contribution in [3.8, 4) is 0 Å². The number of hydrogen-bond donors (Lipinski definition) is 1. The van der Waals surface area contributed by atoms with Gasteiger partial charge in [-0.3, -0.25) is 4.79 Å². The Labute approximate surface area is 111 Å². The highest BCUT2D eigenvalue weighted by Crippen LogP contribution is 2.22. The van der Waals surface area contributed by atoms with Crippen molar-refractivity contribution in [3.63, 3.8) is 0 Å². The molecule has 1 aromatic carbocycles. The summed E-state index contributed by atoms with van der Waals surface area (Å²) < 4.78 is 46.0. The van der Waals surface area contributed by atoms with Crippen LogP contribution in [-0.4, -0.2) is 27.3 Å². The number of nitrogens with one attached hydrogen (secondary N) is 1. The molecule has 1 N–H and O–H groups in total. The molecule has 0 aliphatic rings.